The van der Waals surface area contributed by atoms with E-state index in [9.17, 15) is 9.59 Å². The Hall–Kier alpha value is -2.04. The number of hydrogen-bond acceptors (Lipinski definition) is 3. The molecule has 5 nitrogen and oxygen atoms in total. The van der Waals surface area contributed by atoms with Crippen molar-refractivity contribution in [2.45, 2.75) is 78.9 Å². The van der Waals surface area contributed by atoms with Crippen LogP contribution >= 0.6 is 0 Å². The third-order valence-electron chi connectivity index (χ3n) is 3.79. The van der Waals surface area contributed by atoms with Crippen molar-refractivity contribution < 1.29 is 14.3 Å². The normalized spacial score (nSPS) is 12.6. The van der Waals surface area contributed by atoms with Crippen molar-refractivity contribution in [3.05, 3.63) is 29.8 Å². The predicted molar refractivity (Wildman–Crippen MR) is 106 cm³/mol. The molecule has 146 valence electrons. The van der Waals surface area contributed by atoms with Crippen LogP contribution in [-0.4, -0.2) is 23.6 Å². The first-order valence-electron chi connectivity index (χ1n) is 9.43. The summed E-state index contributed by atoms with van der Waals surface area (Å²) >= 11 is 0. The van der Waals surface area contributed by atoms with Crippen molar-refractivity contribution in [1.29, 1.82) is 0 Å². The molecular weight excluding hydrogens is 328 g/mol. The molecule has 2 N–H and O–H groups in total. The minimum atomic E-state index is -0.534. The third kappa shape index (κ3) is 10.1. The van der Waals surface area contributed by atoms with Gasteiger partial charge in [-0.1, -0.05) is 38.8 Å². The molecule has 1 atom stereocenters. The summed E-state index contributed by atoms with van der Waals surface area (Å²) in [5, 5.41) is 5.73. The lowest BCUT2D eigenvalue weighted by Crippen LogP contribution is -2.33. The standard InChI is InChI=1S/C21H34N2O3/c1-15(2)8-7-9-16(3)22-19(24)14-17-10-12-18(13-11-17)23-20(25)26-21(4,5)6/h10-13,15-16H,7-9,14H2,1-6H3,(H,22,24)(H,23,25). The highest BCUT2D eigenvalue weighted by molar-refractivity contribution is 5.85. The van der Waals surface area contributed by atoms with Crippen LogP contribution < -0.4 is 10.6 Å². The van der Waals surface area contributed by atoms with E-state index in [4.69, 9.17) is 4.74 Å². The van der Waals surface area contributed by atoms with Crippen molar-refractivity contribution in [1.82, 2.24) is 5.32 Å². The molecule has 1 aromatic rings. The molecule has 0 fully saturated rings. The van der Waals surface area contributed by atoms with E-state index in [1.54, 1.807) is 12.1 Å². The zero-order chi connectivity index (χ0) is 19.7. The summed E-state index contributed by atoms with van der Waals surface area (Å²) in [5.41, 5.74) is 1.02. The van der Waals surface area contributed by atoms with Gasteiger partial charge in [-0.25, -0.2) is 4.79 Å². The number of hydrogen-bond donors (Lipinski definition) is 2. The van der Waals surface area contributed by atoms with E-state index in [-0.39, 0.29) is 11.9 Å². The molecule has 0 spiro atoms. The molecule has 0 saturated heterocycles. The predicted octanol–water partition coefficient (Wildman–Crippen LogP) is 4.91. The van der Waals surface area contributed by atoms with E-state index >= 15 is 0 Å². The van der Waals surface area contributed by atoms with Gasteiger partial charge in [-0.05, 0) is 57.7 Å². The summed E-state index contributed by atoms with van der Waals surface area (Å²) in [7, 11) is 0. The molecule has 0 aliphatic rings. The molecule has 1 aromatic carbocycles. The van der Waals surface area contributed by atoms with Gasteiger partial charge in [0, 0.05) is 11.7 Å². The van der Waals surface area contributed by atoms with E-state index < -0.39 is 11.7 Å². The fourth-order valence-corrected chi connectivity index (χ4v) is 2.54. The largest absolute Gasteiger partial charge is 0.444 e. The van der Waals surface area contributed by atoms with Crippen LogP contribution in [0.5, 0.6) is 0 Å². The van der Waals surface area contributed by atoms with Crippen LogP contribution in [-0.2, 0) is 16.0 Å². The molecule has 2 amide bonds. The number of carbonyl (C=O) groups is 2. The van der Waals surface area contributed by atoms with E-state index in [0.717, 1.165) is 18.4 Å². The van der Waals surface area contributed by atoms with Gasteiger partial charge in [-0.2, -0.15) is 0 Å². The summed E-state index contributed by atoms with van der Waals surface area (Å²) < 4.78 is 5.21. The molecule has 0 heterocycles. The van der Waals surface area contributed by atoms with Gasteiger partial charge in [-0.15, -0.1) is 0 Å². The van der Waals surface area contributed by atoms with Gasteiger partial charge in [0.05, 0.1) is 6.42 Å². The Morgan fingerprint density at radius 3 is 2.19 bits per heavy atom. The Balaban J connectivity index is 2.41. The van der Waals surface area contributed by atoms with Gasteiger partial charge < -0.3 is 10.1 Å². The highest BCUT2D eigenvalue weighted by Gasteiger charge is 2.16. The summed E-state index contributed by atoms with van der Waals surface area (Å²) in [5.74, 6) is 0.723. The van der Waals surface area contributed by atoms with E-state index in [1.807, 2.05) is 39.8 Å². The fourth-order valence-electron chi connectivity index (χ4n) is 2.54. The average Bonchev–Trinajstić information content (AvgIpc) is 2.46. The van der Waals surface area contributed by atoms with E-state index in [2.05, 4.69) is 24.5 Å². The first-order valence-corrected chi connectivity index (χ1v) is 9.43. The monoisotopic (exact) mass is 362 g/mol. The van der Waals surface area contributed by atoms with Crippen LogP contribution in [0.25, 0.3) is 0 Å². The Labute approximate surface area is 157 Å². The van der Waals surface area contributed by atoms with Crippen LogP contribution in [0.4, 0.5) is 10.5 Å². The number of rotatable bonds is 8. The summed E-state index contributed by atoms with van der Waals surface area (Å²) in [6.45, 7) is 11.9. The maximum absolute atomic E-state index is 12.1. The van der Waals surface area contributed by atoms with Crippen molar-refractivity contribution in [2.75, 3.05) is 5.32 Å². The van der Waals surface area contributed by atoms with Gasteiger partial charge in [0.2, 0.25) is 5.91 Å². The Bertz CT molecular complexity index is 574. The SMILES string of the molecule is CC(C)CCCC(C)NC(=O)Cc1ccc(NC(=O)OC(C)(C)C)cc1. The topological polar surface area (TPSA) is 67.4 Å². The number of carbonyl (C=O) groups excluding carboxylic acids is 2. The zero-order valence-corrected chi connectivity index (χ0v) is 17.0. The van der Waals surface area contributed by atoms with Crippen molar-refractivity contribution in [2.24, 2.45) is 5.92 Å². The number of benzene rings is 1. The lowest BCUT2D eigenvalue weighted by molar-refractivity contribution is -0.121. The Morgan fingerprint density at radius 2 is 1.65 bits per heavy atom. The molecule has 0 aliphatic carbocycles. The van der Waals surface area contributed by atoms with Crippen molar-refractivity contribution in [3.8, 4) is 0 Å². The maximum atomic E-state index is 12.1. The van der Waals surface area contributed by atoms with Crippen LogP contribution in [0.3, 0.4) is 0 Å². The third-order valence-corrected chi connectivity index (χ3v) is 3.79. The quantitative estimate of drug-likeness (QED) is 0.690. The molecule has 1 unspecified atom stereocenters. The number of amides is 2. The van der Waals surface area contributed by atoms with Crippen molar-refractivity contribution in [3.63, 3.8) is 0 Å². The van der Waals surface area contributed by atoms with Gasteiger partial charge in [0.25, 0.3) is 0 Å². The summed E-state index contributed by atoms with van der Waals surface area (Å²) in [6, 6.07) is 7.43. The number of anilines is 1. The molecule has 0 radical (unpaired) electrons. The van der Waals surface area contributed by atoms with Crippen molar-refractivity contribution >= 4 is 17.7 Å². The van der Waals surface area contributed by atoms with Gasteiger partial charge in [-0.3, -0.25) is 10.1 Å². The summed E-state index contributed by atoms with van der Waals surface area (Å²) in [4.78, 5) is 23.9. The maximum Gasteiger partial charge on any atom is 0.412 e. The average molecular weight is 363 g/mol. The lowest BCUT2D eigenvalue weighted by atomic mass is 10.0. The van der Waals surface area contributed by atoms with Gasteiger partial charge >= 0.3 is 6.09 Å². The smallest absolute Gasteiger partial charge is 0.412 e. The number of ether oxygens (including phenoxy) is 1. The Morgan fingerprint density at radius 1 is 1.04 bits per heavy atom. The molecule has 0 aromatic heterocycles. The molecule has 5 heteroatoms. The van der Waals surface area contributed by atoms with E-state index in [0.29, 0.717) is 18.0 Å². The molecule has 0 aliphatic heterocycles. The highest BCUT2D eigenvalue weighted by Crippen LogP contribution is 2.14. The second-order valence-electron chi connectivity index (χ2n) is 8.29. The first kappa shape index (κ1) is 22.0. The summed E-state index contributed by atoms with van der Waals surface area (Å²) in [6.07, 6.45) is 3.17. The lowest BCUT2D eigenvalue weighted by Gasteiger charge is -2.19. The van der Waals surface area contributed by atoms with Gasteiger partial charge in [0.15, 0.2) is 0 Å². The van der Waals surface area contributed by atoms with E-state index in [1.165, 1.54) is 6.42 Å². The molecular formula is C21H34N2O3. The van der Waals surface area contributed by atoms with Crippen LogP contribution in [0.1, 0.15) is 66.4 Å². The molecule has 1 rings (SSSR count). The fraction of sp³-hybridized carbons (Fsp3) is 0.619. The second-order valence-corrected chi connectivity index (χ2v) is 8.29. The van der Waals surface area contributed by atoms with Gasteiger partial charge in [0.1, 0.15) is 5.60 Å². The zero-order valence-electron chi connectivity index (χ0n) is 17.0. The molecule has 0 bridgehead atoms. The first-order chi connectivity index (χ1) is 12.0. The number of nitrogens with one attached hydrogen (secondary N) is 2. The minimum absolute atomic E-state index is 0.0231. The highest BCUT2D eigenvalue weighted by atomic mass is 16.6. The Kier molecular flexibility index (Phi) is 8.62. The minimum Gasteiger partial charge on any atom is -0.444 e. The second kappa shape index (κ2) is 10.2. The molecule has 0 saturated carbocycles. The van der Waals surface area contributed by atoms with Crippen LogP contribution in [0.2, 0.25) is 0 Å². The van der Waals surface area contributed by atoms with Crippen LogP contribution in [0, 0.1) is 5.92 Å². The van der Waals surface area contributed by atoms with Crippen LogP contribution in [0.15, 0.2) is 24.3 Å². The molecule has 26 heavy (non-hydrogen) atoms.